The zero-order valence-electron chi connectivity index (χ0n) is 19.3. The Morgan fingerprint density at radius 2 is 1.62 bits per heavy atom. The molecule has 0 radical (unpaired) electrons. The Morgan fingerprint density at radius 3 is 2.29 bits per heavy atom. The summed E-state index contributed by atoms with van der Waals surface area (Å²) in [5, 5.41) is 2.97. The summed E-state index contributed by atoms with van der Waals surface area (Å²) < 4.78 is 45.9. The van der Waals surface area contributed by atoms with Gasteiger partial charge in [-0.15, -0.1) is 0 Å². The molecular formula is C24H31FN4O4S. The van der Waals surface area contributed by atoms with Gasteiger partial charge in [0.2, 0.25) is 15.9 Å². The molecule has 0 unspecified atom stereocenters. The van der Waals surface area contributed by atoms with E-state index < -0.39 is 21.9 Å². The number of hydrogen-bond acceptors (Lipinski definition) is 6. The lowest BCUT2D eigenvalue weighted by atomic mass is 10.2. The smallest absolute Gasteiger partial charge is 0.243 e. The molecule has 10 heteroatoms. The molecule has 2 aromatic rings. The first kappa shape index (κ1) is 24.6. The highest BCUT2D eigenvalue weighted by atomic mass is 32.2. The van der Waals surface area contributed by atoms with Crippen LogP contribution in [0, 0.1) is 5.82 Å². The second kappa shape index (κ2) is 10.8. The summed E-state index contributed by atoms with van der Waals surface area (Å²) in [4.78, 5) is 17.2. The molecule has 8 nitrogen and oxygen atoms in total. The number of nitrogens with zero attached hydrogens (tertiary/aromatic N) is 3. The Labute approximate surface area is 200 Å². The molecule has 2 saturated heterocycles. The van der Waals surface area contributed by atoms with Crippen molar-refractivity contribution in [2.45, 2.75) is 24.3 Å². The highest BCUT2D eigenvalue weighted by Crippen LogP contribution is 2.21. The molecule has 0 saturated carbocycles. The number of sulfonamides is 1. The molecule has 2 aromatic carbocycles. The lowest BCUT2D eigenvalue weighted by Crippen LogP contribution is -2.44. The quantitative estimate of drug-likeness (QED) is 0.670. The van der Waals surface area contributed by atoms with Crippen LogP contribution in [0.2, 0.25) is 0 Å². The lowest BCUT2D eigenvalue weighted by Gasteiger charge is -2.29. The monoisotopic (exact) mass is 490 g/mol. The van der Waals surface area contributed by atoms with Gasteiger partial charge in [0.05, 0.1) is 24.2 Å². The van der Waals surface area contributed by atoms with Crippen LogP contribution in [0.1, 0.15) is 13.3 Å². The summed E-state index contributed by atoms with van der Waals surface area (Å²) in [6.07, 6.45) is 0.603. The van der Waals surface area contributed by atoms with E-state index in [1.165, 1.54) is 16.4 Å². The highest BCUT2D eigenvalue weighted by Gasteiger charge is 2.30. The van der Waals surface area contributed by atoms with Crippen molar-refractivity contribution in [3.05, 3.63) is 54.3 Å². The number of morpholine rings is 1. The lowest BCUT2D eigenvalue weighted by molar-refractivity contribution is -0.120. The van der Waals surface area contributed by atoms with Crippen molar-refractivity contribution in [3.63, 3.8) is 0 Å². The molecule has 2 aliphatic heterocycles. The summed E-state index contributed by atoms with van der Waals surface area (Å²) in [6.45, 7) is 6.64. The van der Waals surface area contributed by atoms with E-state index in [1.54, 1.807) is 0 Å². The average Bonchev–Trinajstić information content (AvgIpc) is 3.12. The van der Waals surface area contributed by atoms with E-state index in [0.717, 1.165) is 36.6 Å². The van der Waals surface area contributed by atoms with Gasteiger partial charge in [-0.3, -0.25) is 9.69 Å². The van der Waals surface area contributed by atoms with Gasteiger partial charge in [0.1, 0.15) is 5.82 Å². The van der Waals surface area contributed by atoms with E-state index in [0.29, 0.717) is 39.3 Å². The Morgan fingerprint density at radius 1 is 0.941 bits per heavy atom. The number of amides is 1. The number of carbonyl (C=O) groups is 1. The third kappa shape index (κ3) is 5.75. The van der Waals surface area contributed by atoms with E-state index in [-0.39, 0.29) is 17.3 Å². The molecule has 2 fully saturated rings. The molecule has 2 heterocycles. The third-order valence-electron chi connectivity index (χ3n) is 6.38. The Hall–Kier alpha value is -2.53. The minimum absolute atomic E-state index is 0.0775. The van der Waals surface area contributed by atoms with Crippen LogP contribution >= 0.6 is 0 Å². The molecular weight excluding hydrogens is 459 g/mol. The first-order chi connectivity index (χ1) is 16.3. The molecule has 0 aromatic heterocycles. The maximum absolute atomic E-state index is 13.2. The number of benzene rings is 2. The highest BCUT2D eigenvalue weighted by molar-refractivity contribution is 7.89. The van der Waals surface area contributed by atoms with Crippen LogP contribution in [0.4, 0.5) is 15.8 Å². The second-order valence-electron chi connectivity index (χ2n) is 8.56. The van der Waals surface area contributed by atoms with Gasteiger partial charge < -0.3 is 15.0 Å². The molecule has 1 atom stereocenters. The van der Waals surface area contributed by atoms with Gasteiger partial charge in [-0.1, -0.05) is 0 Å². The molecule has 1 amide bonds. The fraction of sp³-hybridized carbons (Fsp3) is 0.458. The van der Waals surface area contributed by atoms with E-state index in [1.807, 2.05) is 36.1 Å². The van der Waals surface area contributed by atoms with Gasteiger partial charge in [0, 0.05) is 50.6 Å². The number of halogens is 1. The van der Waals surface area contributed by atoms with Crippen LogP contribution in [0.5, 0.6) is 0 Å². The van der Waals surface area contributed by atoms with Crippen LogP contribution in [0.25, 0.3) is 0 Å². The van der Waals surface area contributed by atoms with Crippen LogP contribution < -0.4 is 10.2 Å². The van der Waals surface area contributed by atoms with Crippen molar-refractivity contribution in [1.29, 1.82) is 0 Å². The van der Waals surface area contributed by atoms with Gasteiger partial charge in [0.15, 0.2) is 0 Å². The minimum Gasteiger partial charge on any atom is -0.378 e. The van der Waals surface area contributed by atoms with E-state index >= 15 is 0 Å². The van der Waals surface area contributed by atoms with Crippen molar-refractivity contribution in [2.75, 3.05) is 62.7 Å². The van der Waals surface area contributed by atoms with Crippen LogP contribution in [-0.4, -0.2) is 82.1 Å². The maximum atomic E-state index is 13.2. The van der Waals surface area contributed by atoms with E-state index in [2.05, 4.69) is 10.2 Å². The van der Waals surface area contributed by atoms with Gasteiger partial charge >= 0.3 is 0 Å². The molecule has 4 rings (SSSR count). The first-order valence-corrected chi connectivity index (χ1v) is 13.0. The summed E-state index contributed by atoms with van der Waals surface area (Å²) in [7, 11) is -3.71. The zero-order chi connectivity index (χ0) is 24.1. The Bertz CT molecular complexity index is 1070. The number of anilines is 2. The van der Waals surface area contributed by atoms with Crippen molar-refractivity contribution in [2.24, 2.45) is 0 Å². The summed E-state index contributed by atoms with van der Waals surface area (Å²) in [5.41, 5.74) is 1.83. The average molecular weight is 491 g/mol. The standard InChI is InChI=1S/C24H31FN4O4S/c1-19(24(30)26-21-5-7-22(8-6-21)28-15-17-33-18-16-28)27-11-2-12-29(14-13-27)34(31,32)23-9-3-20(25)4-10-23/h3-10,19H,2,11-18H2,1H3,(H,26,30)/t19-/m0/s1. The van der Waals surface area contributed by atoms with Crippen LogP contribution in [0.3, 0.4) is 0 Å². The second-order valence-corrected chi connectivity index (χ2v) is 10.5. The van der Waals surface area contributed by atoms with Crippen LogP contribution in [-0.2, 0) is 19.6 Å². The number of rotatable bonds is 6. The summed E-state index contributed by atoms with van der Waals surface area (Å²) >= 11 is 0. The van der Waals surface area contributed by atoms with Crippen molar-refractivity contribution >= 4 is 27.3 Å². The molecule has 1 N–H and O–H groups in total. The largest absolute Gasteiger partial charge is 0.378 e. The van der Waals surface area contributed by atoms with Crippen molar-refractivity contribution < 1.29 is 22.3 Å². The van der Waals surface area contributed by atoms with E-state index in [4.69, 9.17) is 4.74 Å². The van der Waals surface area contributed by atoms with Crippen molar-refractivity contribution in [3.8, 4) is 0 Å². The SMILES string of the molecule is C[C@@H](C(=O)Nc1ccc(N2CCOCC2)cc1)N1CCCN(S(=O)(=O)c2ccc(F)cc2)CC1. The normalized spacial score (nSPS) is 19.4. The molecule has 184 valence electrons. The number of hydrogen-bond donors (Lipinski definition) is 1. The number of carbonyl (C=O) groups excluding carboxylic acids is 1. The van der Waals surface area contributed by atoms with Gasteiger partial charge in [0.25, 0.3) is 0 Å². The number of ether oxygens (including phenoxy) is 1. The predicted molar refractivity (Wildman–Crippen MR) is 129 cm³/mol. The molecule has 0 spiro atoms. The molecule has 0 aliphatic carbocycles. The maximum Gasteiger partial charge on any atom is 0.243 e. The third-order valence-corrected chi connectivity index (χ3v) is 8.29. The first-order valence-electron chi connectivity index (χ1n) is 11.6. The molecule has 2 aliphatic rings. The van der Waals surface area contributed by atoms with E-state index in [9.17, 15) is 17.6 Å². The fourth-order valence-corrected chi connectivity index (χ4v) is 5.76. The minimum atomic E-state index is -3.71. The van der Waals surface area contributed by atoms with Crippen LogP contribution in [0.15, 0.2) is 53.4 Å². The van der Waals surface area contributed by atoms with Crippen molar-refractivity contribution in [1.82, 2.24) is 9.21 Å². The molecule has 0 bridgehead atoms. The fourth-order valence-electron chi connectivity index (χ4n) is 4.29. The van der Waals surface area contributed by atoms with Gasteiger partial charge in [-0.2, -0.15) is 4.31 Å². The number of nitrogens with one attached hydrogen (secondary N) is 1. The summed E-state index contributed by atoms with van der Waals surface area (Å²) in [5.74, 6) is -0.606. The predicted octanol–water partition coefficient (Wildman–Crippen LogP) is 2.39. The Balaban J connectivity index is 1.33. The van der Waals surface area contributed by atoms with Gasteiger partial charge in [-0.05, 0) is 61.9 Å². The summed E-state index contributed by atoms with van der Waals surface area (Å²) in [6, 6.07) is 12.2. The van der Waals surface area contributed by atoms with Gasteiger partial charge in [-0.25, -0.2) is 12.8 Å². The Kier molecular flexibility index (Phi) is 7.82. The topological polar surface area (TPSA) is 82.2 Å². The zero-order valence-corrected chi connectivity index (χ0v) is 20.1. The molecule has 34 heavy (non-hydrogen) atoms.